The van der Waals surface area contributed by atoms with Crippen LogP contribution >= 0.6 is 15.9 Å². The first-order chi connectivity index (χ1) is 7.50. The van der Waals surface area contributed by atoms with E-state index in [1.54, 1.807) is 6.07 Å². The van der Waals surface area contributed by atoms with Gasteiger partial charge in [0.15, 0.2) is 0 Å². The van der Waals surface area contributed by atoms with Gasteiger partial charge in [-0.15, -0.1) is 0 Å². The highest BCUT2D eigenvalue weighted by molar-refractivity contribution is 9.10. The van der Waals surface area contributed by atoms with E-state index in [1.165, 1.54) is 11.8 Å². The minimum atomic E-state index is -0.986. The highest BCUT2D eigenvalue weighted by Crippen LogP contribution is 2.27. The molecule has 84 valence electrons. The third-order valence-electron chi connectivity index (χ3n) is 2.73. The summed E-state index contributed by atoms with van der Waals surface area (Å²) in [5, 5.41) is 8.89. The van der Waals surface area contributed by atoms with Gasteiger partial charge in [0.1, 0.15) is 6.04 Å². The molecule has 5 heteroatoms. The Balaban J connectivity index is 2.34. The fraction of sp³-hybridized carbons (Fsp3) is 0.273. The van der Waals surface area contributed by atoms with Crippen LogP contribution < -0.4 is 0 Å². The van der Waals surface area contributed by atoms with E-state index in [0.717, 1.165) is 10.0 Å². The van der Waals surface area contributed by atoms with Crippen molar-refractivity contribution in [2.24, 2.45) is 0 Å². The summed E-state index contributed by atoms with van der Waals surface area (Å²) in [5.41, 5.74) is 1.46. The minimum Gasteiger partial charge on any atom is -0.480 e. The van der Waals surface area contributed by atoms with Gasteiger partial charge in [0.2, 0.25) is 0 Å². The highest BCUT2D eigenvalue weighted by atomic mass is 79.9. The Morgan fingerprint density at radius 1 is 1.56 bits per heavy atom. The molecule has 1 N–H and O–H groups in total. The molecule has 1 heterocycles. The molecule has 4 nitrogen and oxygen atoms in total. The molecule has 0 saturated heterocycles. The molecule has 0 aromatic heterocycles. The van der Waals surface area contributed by atoms with Crippen molar-refractivity contribution in [3.8, 4) is 0 Å². The standard InChI is InChI=1S/C11H10BrNO3/c1-6(11(15)16)13-5-7-2-3-8(12)4-9(7)10(13)14/h2-4,6H,5H2,1H3,(H,15,16)/t6-/m0/s1. The van der Waals surface area contributed by atoms with Crippen LogP contribution in [0.25, 0.3) is 0 Å². The van der Waals surface area contributed by atoms with E-state index in [4.69, 9.17) is 5.11 Å². The molecule has 1 atom stereocenters. The topological polar surface area (TPSA) is 57.6 Å². The molecule has 0 spiro atoms. The third-order valence-corrected chi connectivity index (χ3v) is 3.22. The van der Waals surface area contributed by atoms with Crippen LogP contribution in [0, 0.1) is 0 Å². The van der Waals surface area contributed by atoms with Crippen LogP contribution in [0.5, 0.6) is 0 Å². The van der Waals surface area contributed by atoms with Crippen molar-refractivity contribution in [2.45, 2.75) is 19.5 Å². The summed E-state index contributed by atoms with van der Waals surface area (Å²) in [6.45, 7) is 1.88. The second-order valence-corrected chi connectivity index (χ2v) is 4.66. The average molecular weight is 284 g/mol. The molecule has 1 aliphatic rings. The first-order valence-electron chi connectivity index (χ1n) is 4.83. The Morgan fingerprint density at radius 3 is 2.88 bits per heavy atom. The SMILES string of the molecule is C[C@@H](C(=O)O)N1Cc2ccc(Br)cc2C1=O. The fourth-order valence-electron chi connectivity index (χ4n) is 1.74. The number of benzene rings is 1. The van der Waals surface area contributed by atoms with Gasteiger partial charge in [0, 0.05) is 16.6 Å². The molecule has 16 heavy (non-hydrogen) atoms. The first-order valence-corrected chi connectivity index (χ1v) is 5.62. The summed E-state index contributed by atoms with van der Waals surface area (Å²) in [6.07, 6.45) is 0. The van der Waals surface area contributed by atoms with Crippen molar-refractivity contribution in [3.63, 3.8) is 0 Å². The highest BCUT2D eigenvalue weighted by Gasteiger charge is 2.33. The number of carbonyl (C=O) groups excluding carboxylic acids is 1. The maximum atomic E-state index is 11.9. The van der Waals surface area contributed by atoms with E-state index in [1.807, 2.05) is 12.1 Å². The molecule has 1 aliphatic heterocycles. The van der Waals surface area contributed by atoms with Crippen LogP contribution in [0.3, 0.4) is 0 Å². The molecule has 1 amide bonds. The van der Waals surface area contributed by atoms with Crippen molar-refractivity contribution in [3.05, 3.63) is 33.8 Å². The second kappa shape index (κ2) is 3.90. The summed E-state index contributed by atoms with van der Waals surface area (Å²) in [6, 6.07) is 4.62. The van der Waals surface area contributed by atoms with Crippen molar-refractivity contribution in [1.82, 2.24) is 4.90 Å². The van der Waals surface area contributed by atoms with Gasteiger partial charge < -0.3 is 10.0 Å². The van der Waals surface area contributed by atoms with Gasteiger partial charge in [0.05, 0.1) is 0 Å². The molecule has 1 aromatic carbocycles. The molecule has 0 saturated carbocycles. The molecule has 1 aromatic rings. The number of fused-ring (bicyclic) bond motifs is 1. The monoisotopic (exact) mass is 283 g/mol. The molecular formula is C11H10BrNO3. The Bertz CT molecular complexity index is 472. The minimum absolute atomic E-state index is 0.216. The van der Waals surface area contributed by atoms with Crippen LogP contribution in [0.1, 0.15) is 22.8 Å². The number of hydrogen-bond donors (Lipinski definition) is 1. The summed E-state index contributed by atoms with van der Waals surface area (Å²) in [5.74, 6) is -1.20. The smallest absolute Gasteiger partial charge is 0.326 e. The number of hydrogen-bond acceptors (Lipinski definition) is 2. The number of rotatable bonds is 2. The number of aliphatic carboxylic acids is 1. The lowest BCUT2D eigenvalue weighted by molar-refractivity contribution is -0.141. The number of nitrogens with zero attached hydrogens (tertiary/aromatic N) is 1. The predicted molar refractivity (Wildman–Crippen MR) is 61.1 cm³/mol. The van der Waals surface area contributed by atoms with Crippen molar-refractivity contribution in [2.75, 3.05) is 0 Å². The zero-order valence-corrected chi connectivity index (χ0v) is 10.2. The molecule has 0 unspecified atom stereocenters. The number of carboxylic acids is 1. The lowest BCUT2D eigenvalue weighted by atomic mass is 10.1. The van der Waals surface area contributed by atoms with Crippen LogP contribution in [0.15, 0.2) is 22.7 Å². The average Bonchev–Trinajstić information content (AvgIpc) is 2.55. The second-order valence-electron chi connectivity index (χ2n) is 3.75. The Labute approximate surface area is 101 Å². The Kier molecular flexibility index (Phi) is 2.71. The van der Waals surface area contributed by atoms with E-state index < -0.39 is 12.0 Å². The van der Waals surface area contributed by atoms with Crippen molar-refractivity contribution < 1.29 is 14.7 Å². The van der Waals surface area contributed by atoms with Crippen molar-refractivity contribution in [1.29, 1.82) is 0 Å². The third kappa shape index (κ3) is 1.71. The number of halogens is 1. The zero-order chi connectivity index (χ0) is 11.9. The number of amides is 1. The van der Waals surface area contributed by atoms with Gasteiger partial charge in [-0.05, 0) is 24.6 Å². The molecule has 0 fully saturated rings. The van der Waals surface area contributed by atoms with E-state index >= 15 is 0 Å². The first kappa shape index (κ1) is 11.1. The van der Waals surface area contributed by atoms with Gasteiger partial charge in [-0.3, -0.25) is 4.79 Å². The van der Waals surface area contributed by atoms with Crippen LogP contribution in [0.2, 0.25) is 0 Å². The zero-order valence-electron chi connectivity index (χ0n) is 8.61. The molecule has 0 aliphatic carbocycles. The lowest BCUT2D eigenvalue weighted by Gasteiger charge is -2.19. The lowest BCUT2D eigenvalue weighted by Crippen LogP contribution is -2.38. The maximum Gasteiger partial charge on any atom is 0.326 e. The maximum absolute atomic E-state index is 11.9. The van der Waals surface area contributed by atoms with E-state index in [-0.39, 0.29) is 5.91 Å². The molecular weight excluding hydrogens is 274 g/mol. The summed E-state index contributed by atoms with van der Waals surface area (Å²) >= 11 is 3.29. The normalized spacial score (nSPS) is 16.1. The predicted octanol–water partition coefficient (Wildman–Crippen LogP) is 1.88. The molecule has 0 radical (unpaired) electrons. The molecule has 2 rings (SSSR count). The van der Waals surface area contributed by atoms with E-state index in [0.29, 0.717) is 12.1 Å². The van der Waals surface area contributed by atoms with Gasteiger partial charge in [-0.1, -0.05) is 22.0 Å². The van der Waals surface area contributed by atoms with Crippen LogP contribution in [0.4, 0.5) is 0 Å². The van der Waals surface area contributed by atoms with E-state index in [9.17, 15) is 9.59 Å². The largest absolute Gasteiger partial charge is 0.480 e. The molecule has 0 bridgehead atoms. The van der Waals surface area contributed by atoms with Gasteiger partial charge in [-0.2, -0.15) is 0 Å². The van der Waals surface area contributed by atoms with Crippen LogP contribution in [-0.2, 0) is 11.3 Å². The number of carboxylic acid groups (broad SMARTS) is 1. The summed E-state index contributed by atoms with van der Waals surface area (Å²) in [4.78, 5) is 24.1. The van der Waals surface area contributed by atoms with Gasteiger partial charge >= 0.3 is 5.97 Å². The fourth-order valence-corrected chi connectivity index (χ4v) is 2.10. The number of carbonyl (C=O) groups is 2. The summed E-state index contributed by atoms with van der Waals surface area (Å²) in [7, 11) is 0. The Hall–Kier alpha value is -1.36. The van der Waals surface area contributed by atoms with Crippen LogP contribution in [-0.4, -0.2) is 27.9 Å². The van der Waals surface area contributed by atoms with Gasteiger partial charge in [0.25, 0.3) is 5.91 Å². The summed E-state index contributed by atoms with van der Waals surface area (Å²) < 4.78 is 0.824. The van der Waals surface area contributed by atoms with E-state index in [2.05, 4.69) is 15.9 Å². The van der Waals surface area contributed by atoms with Gasteiger partial charge in [-0.25, -0.2) is 4.79 Å². The Morgan fingerprint density at radius 2 is 2.25 bits per heavy atom. The van der Waals surface area contributed by atoms with Crippen molar-refractivity contribution >= 4 is 27.8 Å². The quantitative estimate of drug-likeness (QED) is 0.902.